The van der Waals surface area contributed by atoms with E-state index in [2.05, 4.69) is 21.3 Å². The topological polar surface area (TPSA) is 52.0 Å². The highest BCUT2D eigenvalue weighted by Crippen LogP contribution is 2.28. The number of rotatable bonds is 2. The molecule has 1 aromatic heterocycles. The molecule has 0 aliphatic carbocycles. The monoisotopic (exact) mass is 256 g/mol. The molecule has 4 heteroatoms. The first kappa shape index (κ1) is 12.4. The Bertz CT molecular complexity index is 448. The van der Waals surface area contributed by atoms with Gasteiger partial charge in [0.1, 0.15) is 11.8 Å². The molecule has 19 heavy (non-hydrogen) atoms. The van der Waals surface area contributed by atoms with Crippen LogP contribution in [0.3, 0.4) is 0 Å². The molecule has 0 radical (unpaired) electrons. The highest BCUT2D eigenvalue weighted by atomic mass is 15.1. The van der Waals surface area contributed by atoms with Gasteiger partial charge in [0.05, 0.1) is 11.9 Å². The number of nitrogens with one attached hydrogen (secondary N) is 1. The summed E-state index contributed by atoms with van der Waals surface area (Å²) in [5, 5.41) is 12.4. The first-order chi connectivity index (χ1) is 9.36. The molecular formula is C15H20N4. The fourth-order valence-electron chi connectivity index (χ4n) is 3.31. The third-order valence-corrected chi connectivity index (χ3v) is 4.43. The quantitative estimate of drug-likeness (QED) is 0.878. The van der Waals surface area contributed by atoms with Crippen molar-refractivity contribution in [2.75, 3.05) is 24.5 Å². The van der Waals surface area contributed by atoms with Crippen LogP contribution in [0.15, 0.2) is 18.3 Å². The van der Waals surface area contributed by atoms with Crippen LogP contribution in [0.5, 0.6) is 0 Å². The predicted molar refractivity (Wildman–Crippen MR) is 74.9 cm³/mol. The van der Waals surface area contributed by atoms with Gasteiger partial charge in [0.15, 0.2) is 0 Å². The molecule has 1 atom stereocenters. The Morgan fingerprint density at radius 2 is 2.11 bits per heavy atom. The van der Waals surface area contributed by atoms with Crippen molar-refractivity contribution in [3.8, 4) is 6.07 Å². The molecule has 2 aliphatic heterocycles. The van der Waals surface area contributed by atoms with Crippen molar-refractivity contribution in [3.05, 3.63) is 24.0 Å². The van der Waals surface area contributed by atoms with Crippen molar-refractivity contribution in [2.45, 2.75) is 31.7 Å². The molecule has 4 nitrogen and oxygen atoms in total. The lowest BCUT2D eigenvalue weighted by Crippen LogP contribution is -2.40. The van der Waals surface area contributed by atoms with Crippen LogP contribution < -0.4 is 10.2 Å². The van der Waals surface area contributed by atoms with Crippen molar-refractivity contribution in [3.63, 3.8) is 0 Å². The molecule has 1 N–H and O–H groups in total. The summed E-state index contributed by atoms with van der Waals surface area (Å²) in [6.07, 6.45) is 7.04. The van der Waals surface area contributed by atoms with Gasteiger partial charge in [0.25, 0.3) is 0 Å². The van der Waals surface area contributed by atoms with Crippen LogP contribution in [0.25, 0.3) is 0 Å². The van der Waals surface area contributed by atoms with Crippen LogP contribution in [-0.4, -0.2) is 30.7 Å². The Labute approximate surface area is 114 Å². The summed E-state index contributed by atoms with van der Waals surface area (Å²) in [6, 6.07) is 6.63. The first-order valence-electron chi connectivity index (χ1n) is 7.21. The van der Waals surface area contributed by atoms with E-state index in [9.17, 15) is 0 Å². The van der Waals surface area contributed by atoms with E-state index in [4.69, 9.17) is 5.26 Å². The summed E-state index contributed by atoms with van der Waals surface area (Å²) in [7, 11) is 0. The number of anilines is 1. The van der Waals surface area contributed by atoms with Crippen LogP contribution in [-0.2, 0) is 0 Å². The van der Waals surface area contributed by atoms with Gasteiger partial charge in [0.2, 0.25) is 0 Å². The van der Waals surface area contributed by atoms with Crippen LogP contribution in [0.4, 0.5) is 5.69 Å². The molecule has 2 saturated heterocycles. The van der Waals surface area contributed by atoms with E-state index in [1.807, 2.05) is 12.3 Å². The maximum absolute atomic E-state index is 8.76. The van der Waals surface area contributed by atoms with E-state index < -0.39 is 0 Å². The molecule has 0 saturated carbocycles. The zero-order chi connectivity index (χ0) is 13.1. The Morgan fingerprint density at radius 1 is 1.26 bits per heavy atom. The van der Waals surface area contributed by atoms with E-state index in [0.29, 0.717) is 5.69 Å². The van der Waals surface area contributed by atoms with Crippen molar-refractivity contribution >= 4 is 5.69 Å². The minimum absolute atomic E-state index is 0.494. The normalized spacial score (nSPS) is 24.4. The Balaban J connectivity index is 1.58. The zero-order valence-electron chi connectivity index (χ0n) is 11.2. The second-order valence-corrected chi connectivity index (χ2v) is 5.54. The minimum atomic E-state index is 0.494. The van der Waals surface area contributed by atoms with Gasteiger partial charge in [0, 0.05) is 19.1 Å². The lowest BCUT2D eigenvalue weighted by atomic mass is 9.88. The average molecular weight is 256 g/mol. The van der Waals surface area contributed by atoms with E-state index in [-0.39, 0.29) is 0 Å². The van der Waals surface area contributed by atoms with Gasteiger partial charge >= 0.3 is 0 Å². The Morgan fingerprint density at radius 3 is 2.68 bits per heavy atom. The maximum Gasteiger partial charge on any atom is 0.140 e. The summed E-state index contributed by atoms with van der Waals surface area (Å²) >= 11 is 0. The molecule has 0 spiro atoms. The lowest BCUT2D eigenvalue weighted by Gasteiger charge is -2.36. The summed E-state index contributed by atoms with van der Waals surface area (Å²) in [5.74, 6) is 0.838. The number of hydrogen-bond acceptors (Lipinski definition) is 4. The van der Waals surface area contributed by atoms with E-state index in [1.54, 1.807) is 6.07 Å². The van der Waals surface area contributed by atoms with E-state index in [1.165, 1.54) is 32.2 Å². The highest BCUT2D eigenvalue weighted by Gasteiger charge is 2.28. The SMILES string of the molecule is N#Cc1ccc(N2CCC(C3CCCN3)CC2)cn1. The van der Waals surface area contributed by atoms with E-state index in [0.717, 1.165) is 30.7 Å². The fourth-order valence-corrected chi connectivity index (χ4v) is 3.31. The Kier molecular flexibility index (Phi) is 3.65. The molecule has 2 fully saturated rings. The van der Waals surface area contributed by atoms with Gasteiger partial charge in [-0.1, -0.05) is 0 Å². The molecule has 1 aromatic rings. The van der Waals surface area contributed by atoms with Crippen LogP contribution in [0.1, 0.15) is 31.4 Å². The standard InChI is InChI=1S/C15H20N4/c16-10-13-3-4-14(11-18-13)19-8-5-12(6-9-19)15-2-1-7-17-15/h3-4,11-12,15,17H,1-2,5-9H2. The Hall–Kier alpha value is -1.60. The van der Waals surface area contributed by atoms with Gasteiger partial charge in [-0.25, -0.2) is 4.98 Å². The molecule has 2 aliphatic rings. The molecule has 100 valence electrons. The van der Waals surface area contributed by atoms with E-state index >= 15 is 0 Å². The number of aromatic nitrogens is 1. The molecule has 0 amide bonds. The van der Waals surface area contributed by atoms with Gasteiger partial charge in [-0.15, -0.1) is 0 Å². The molecule has 3 heterocycles. The van der Waals surface area contributed by atoms with Gasteiger partial charge in [-0.05, 0) is 50.3 Å². The fraction of sp³-hybridized carbons (Fsp3) is 0.600. The van der Waals surface area contributed by atoms with Crippen molar-refractivity contribution < 1.29 is 0 Å². The van der Waals surface area contributed by atoms with Crippen molar-refractivity contribution in [2.24, 2.45) is 5.92 Å². The molecular weight excluding hydrogens is 236 g/mol. The zero-order valence-corrected chi connectivity index (χ0v) is 11.2. The lowest BCUT2D eigenvalue weighted by molar-refractivity contribution is 0.319. The summed E-state index contributed by atoms with van der Waals surface area (Å²) in [5.41, 5.74) is 1.64. The van der Waals surface area contributed by atoms with Gasteiger partial charge in [-0.2, -0.15) is 5.26 Å². The number of nitriles is 1. The molecule has 1 unspecified atom stereocenters. The summed E-state index contributed by atoms with van der Waals surface area (Å²) < 4.78 is 0. The molecule has 3 rings (SSSR count). The number of piperidine rings is 1. The van der Waals surface area contributed by atoms with Crippen LogP contribution in [0.2, 0.25) is 0 Å². The van der Waals surface area contributed by atoms with Crippen LogP contribution in [0, 0.1) is 17.2 Å². The largest absolute Gasteiger partial charge is 0.370 e. The van der Waals surface area contributed by atoms with Gasteiger partial charge < -0.3 is 10.2 Å². The second kappa shape index (κ2) is 5.58. The molecule has 0 aromatic carbocycles. The molecule has 0 bridgehead atoms. The first-order valence-corrected chi connectivity index (χ1v) is 7.21. The van der Waals surface area contributed by atoms with Gasteiger partial charge in [-0.3, -0.25) is 0 Å². The predicted octanol–water partition coefficient (Wildman–Crippen LogP) is 1.92. The maximum atomic E-state index is 8.76. The highest BCUT2D eigenvalue weighted by molar-refractivity contribution is 5.46. The average Bonchev–Trinajstić information content (AvgIpc) is 3.02. The minimum Gasteiger partial charge on any atom is -0.370 e. The number of pyridine rings is 1. The van der Waals surface area contributed by atoms with Crippen molar-refractivity contribution in [1.29, 1.82) is 5.26 Å². The summed E-state index contributed by atoms with van der Waals surface area (Å²) in [4.78, 5) is 6.54. The van der Waals surface area contributed by atoms with Crippen LogP contribution >= 0.6 is 0 Å². The summed E-state index contributed by atoms with van der Waals surface area (Å²) in [6.45, 7) is 3.41. The third-order valence-electron chi connectivity index (χ3n) is 4.43. The third kappa shape index (κ3) is 2.71. The number of nitrogens with zero attached hydrogens (tertiary/aromatic N) is 3. The van der Waals surface area contributed by atoms with Crippen molar-refractivity contribution in [1.82, 2.24) is 10.3 Å². The number of hydrogen-bond donors (Lipinski definition) is 1. The second-order valence-electron chi connectivity index (χ2n) is 5.54. The smallest absolute Gasteiger partial charge is 0.140 e.